The Morgan fingerprint density at radius 1 is 1.14 bits per heavy atom. The Kier molecular flexibility index (Phi) is 4.01. The average Bonchev–Trinajstić information content (AvgIpc) is 2.68. The monoisotopic (exact) mass is 402 g/mol. The van der Waals surface area contributed by atoms with Gasteiger partial charge in [0, 0.05) is 44.9 Å². The summed E-state index contributed by atoms with van der Waals surface area (Å²) in [6.45, 7) is 2.67. The number of amides is 2. The van der Waals surface area contributed by atoms with Crippen molar-refractivity contribution in [2.24, 2.45) is 5.41 Å². The summed E-state index contributed by atoms with van der Waals surface area (Å²) in [5, 5.41) is 11.5. The molecule has 2 saturated heterocycles. The van der Waals surface area contributed by atoms with Crippen LogP contribution in [0.3, 0.4) is 0 Å². The lowest BCUT2D eigenvalue weighted by Crippen LogP contribution is -2.76. The molecule has 1 spiro atoms. The van der Waals surface area contributed by atoms with Gasteiger partial charge in [0.05, 0.1) is 10.5 Å². The average molecular weight is 402 g/mol. The summed E-state index contributed by atoms with van der Waals surface area (Å²) in [4.78, 5) is 42.9. The van der Waals surface area contributed by atoms with Crippen molar-refractivity contribution < 1.29 is 14.5 Å². The van der Waals surface area contributed by atoms with Crippen molar-refractivity contribution in [3.05, 3.63) is 33.9 Å². The van der Waals surface area contributed by atoms with Crippen LogP contribution in [-0.2, 0) is 16.0 Å². The number of nitrogens with zero attached hydrogens (tertiary/aromatic N) is 4. The predicted octanol–water partition coefficient (Wildman–Crippen LogP) is 2.10. The van der Waals surface area contributed by atoms with Crippen LogP contribution in [0.2, 0.25) is 0 Å². The summed E-state index contributed by atoms with van der Waals surface area (Å²) in [6, 6.07) is 4.74. The molecule has 1 aromatic carbocycles. The molecule has 3 heterocycles. The van der Waals surface area contributed by atoms with Gasteiger partial charge in [0.1, 0.15) is 0 Å². The van der Waals surface area contributed by atoms with E-state index in [4.69, 9.17) is 12.2 Å². The fourth-order valence-corrected chi connectivity index (χ4v) is 5.36. The maximum Gasteiger partial charge on any atom is 0.269 e. The number of thiocarbonyl (C=S) groups is 1. The van der Waals surface area contributed by atoms with Crippen molar-refractivity contribution in [3.8, 4) is 0 Å². The van der Waals surface area contributed by atoms with E-state index in [-0.39, 0.29) is 29.0 Å². The second kappa shape index (κ2) is 5.97. The second-order valence-corrected chi connectivity index (χ2v) is 8.41. The van der Waals surface area contributed by atoms with Crippen LogP contribution in [0, 0.1) is 15.5 Å². The van der Waals surface area contributed by atoms with E-state index in [0.29, 0.717) is 18.5 Å². The molecule has 1 aromatic rings. The first-order valence-corrected chi connectivity index (χ1v) is 9.71. The minimum Gasteiger partial charge on any atom is -0.364 e. The van der Waals surface area contributed by atoms with Crippen LogP contribution in [0.25, 0.3) is 0 Å². The van der Waals surface area contributed by atoms with Crippen molar-refractivity contribution in [1.29, 1.82) is 0 Å². The number of nitro groups is 1. The van der Waals surface area contributed by atoms with Gasteiger partial charge in [-0.25, -0.2) is 0 Å². The minimum absolute atomic E-state index is 0.0394. The van der Waals surface area contributed by atoms with E-state index in [9.17, 15) is 19.7 Å². The van der Waals surface area contributed by atoms with Crippen molar-refractivity contribution in [2.75, 3.05) is 25.5 Å². The summed E-state index contributed by atoms with van der Waals surface area (Å²) < 4.78 is 0. The molecule has 4 rings (SSSR count). The first-order valence-electron chi connectivity index (χ1n) is 9.30. The summed E-state index contributed by atoms with van der Waals surface area (Å²) >= 11 is 5.28. The third-order valence-corrected chi connectivity index (χ3v) is 7.29. The number of rotatable bonds is 1. The second-order valence-electron chi connectivity index (χ2n) is 8.05. The number of carbonyl (C=O) groups is 2. The lowest BCUT2D eigenvalue weighted by atomic mass is 9.58. The van der Waals surface area contributed by atoms with Gasteiger partial charge < -0.3 is 4.90 Å². The number of carbonyl (C=O) groups excluding carboxylic acids is 2. The zero-order chi connectivity index (χ0) is 20.4. The fourth-order valence-electron chi connectivity index (χ4n) is 5.19. The van der Waals surface area contributed by atoms with Crippen molar-refractivity contribution >= 4 is 40.5 Å². The number of anilines is 1. The van der Waals surface area contributed by atoms with Gasteiger partial charge in [-0.05, 0) is 50.0 Å². The van der Waals surface area contributed by atoms with Gasteiger partial charge in [0.2, 0.25) is 11.8 Å². The first kappa shape index (κ1) is 18.8. The van der Waals surface area contributed by atoms with Crippen LogP contribution in [0.15, 0.2) is 18.2 Å². The number of hydrogen-bond acceptors (Lipinski definition) is 6. The molecule has 3 aliphatic heterocycles. The Hall–Kier alpha value is -2.55. The predicted molar refractivity (Wildman–Crippen MR) is 107 cm³/mol. The van der Waals surface area contributed by atoms with E-state index < -0.39 is 15.9 Å². The highest BCUT2D eigenvalue weighted by atomic mass is 32.1. The van der Waals surface area contributed by atoms with Crippen LogP contribution in [0.1, 0.15) is 31.7 Å². The summed E-state index contributed by atoms with van der Waals surface area (Å²) in [5.74, 6) is -0.653. The molecule has 2 fully saturated rings. The molecule has 1 atom stereocenters. The lowest BCUT2D eigenvalue weighted by Gasteiger charge is -2.61. The molecule has 0 N–H and O–H groups in total. The van der Waals surface area contributed by atoms with Crippen molar-refractivity contribution in [1.82, 2.24) is 9.80 Å². The summed E-state index contributed by atoms with van der Waals surface area (Å²) in [5.41, 5.74) is -0.590. The molecular formula is C19H22N4O4S. The Labute approximate surface area is 168 Å². The van der Waals surface area contributed by atoms with Crippen LogP contribution in [-0.4, -0.2) is 57.8 Å². The third-order valence-electron chi connectivity index (χ3n) is 6.74. The Balaban J connectivity index is 1.98. The van der Waals surface area contributed by atoms with E-state index in [1.54, 1.807) is 20.2 Å². The molecule has 0 aromatic heterocycles. The van der Waals surface area contributed by atoms with Gasteiger partial charge in [0.25, 0.3) is 5.69 Å². The van der Waals surface area contributed by atoms with Gasteiger partial charge in [-0.3, -0.25) is 29.5 Å². The largest absolute Gasteiger partial charge is 0.364 e. The third kappa shape index (κ3) is 2.13. The molecule has 148 valence electrons. The standard InChI is InChI=1S/C19H22N4O4S/c1-18-8-4-5-9-22(18)14-7-6-13(23(26)27)10-12(14)11-19(18)15(24)20(2)17(28)21(3)16(19)25/h6-7,10H,4-5,8-9,11H2,1-3H3/t18-/m1/s1. The number of benzene rings is 1. The van der Waals surface area contributed by atoms with E-state index in [0.717, 1.165) is 18.5 Å². The normalized spacial score (nSPS) is 26.4. The van der Waals surface area contributed by atoms with Gasteiger partial charge in [-0.2, -0.15) is 0 Å². The summed E-state index contributed by atoms with van der Waals surface area (Å²) in [7, 11) is 3.18. The smallest absolute Gasteiger partial charge is 0.269 e. The van der Waals surface area contributed by atoms with Gasteiger partial charge in [-0.15, -0.1) is 0 Å². The molecule has 0 aliphatic carbocycles. The molecule has 8 nitrogen and oxygen atoms in total. The topological polar surface area (TPSA) is 87.0 Å². The zero-order valence-corrected chi connectivity index (χ0v) is 16.9. The Bertz CT molecular complexity index is 909. The summed E-state index contributed by atoms with van der Waals surface area (Å²) in [6.07, 6.45) is 2.67. The quantitative estimate of drug-likeness (QED) is 0.309. The van der Waals surface area contributed by atoms with E-state index in [1.807, 2.05) is 6.92 Å². The minimum atomic E-state index is -1.36. The molecule has 28 heavy (non-hydrogen) atoms. The molecule has 0 radical (unpaired) electrons. The SMILES string of the molecule is CN1C(=O)C2(Cc3cc([N+](=O)[O-])ccc3N3CCCC[C@@]32C)C(=O)N(C)C1=S. The van der Waals surface area contributed by atoms with E-state index in [2.05, 4.69) is 4.90 Å². The number of fused-ring (bicyclic) bond motifs is 4. The number of hydrogen-bond donors (Lipinski definition) is 0. The number of non-ortho nitro benzene ring substituents is 1. The molecular weight excluding hydrogens is 380 g/mol. The van der Waals surface area contributed by atoms with Crippen LogP contribution < -0.4 is 4.90 Å². The highest BCUT2D eigenvalue weighted by Gasteiger charge is 2.68. The van der Waals surface area contributed by atoms with Crippen molar-refractivity contribution in [2.45, 2.75) is 38.1 Å². The highest BCUT2D eigenvalue weighted by Crippen LogP contribution is 2.55. The Morgan fingerprint density at radius 2 is 1.79 bits per heavy atom. The maximum atomic E-state index is 13.6. The zero-order valence-electron chi connectivity index (χ0n) is 16.1. The first-order chi connectivity index (χ1) is 13.1. The fraction of sp³-hybridized carbons (Fsp3) is 0.526. The molecule has 3 aliphatic rings. The van der Waals surface area contributed by atoms with Crippen molar-refractivity contribution in [3.63, 3.8) is 0 Å². The van der Waals surface area contributed by atoms with Crippen LogP contribution in [0.5, 0.6) is 0 Å². The van der Waals surface area contributed by atoms with Gasteiger partial charge in [0.15, 0.2) is 10.5 Å². The lowest BCUT2D eigenvalue weighted by molar-refractivity contribution is -0.384. The number of piperidine rings is 1. The maximum absolute atomic E-state index is 13.6. The molecule has 0 bridgehead atoms. The molecule has 0 saturated carbocycles. The molecule has 0 unspecified atom stereocenters. The highest BCUT2D eigenvalue weighted by molar-refractivity contribution is 7.80. The van der Waals surface area contributed by atoms with Crippen LogP contribution in [0.4, 0.5) is 11.4 Å². The van der Waals surface area contributed by atoms with Gasteiger partial charge in [-0.1, -0.05) is 0 Å². The van der Waals surface area contributed by atoms with E-state index >= 15 is 0 Å². The molecule has 9 heteroatoms. The molecule has 2 amide bonds. The van der Waals surface area contributed by atoms with Gasteiger partial charge >= 0.3 is 0 Å². The van der Waals surface area contributed by atoms with E-state index in [1.165, 1.54) is 21.9 Å². The number of nitro benzene ring substituents is 1. The Morgan fingerprint density at radius 3 is 2.39 bits per heavy atom. The van der Waals surface area contributed by atoms with Crippen LogP contribution >= 0.6 is 12.2 Å².